The van der Waals surface area contributed by atoms with Crippen molar-refractivity contribution in [1.82, 2.24) is 9.46 Å². The molecule has 0 saturated carbocycles. The topological polar surface area (TPSA) is 107 Å². The highest BCUT2D eigenvalue weighted by Crippen LogP contribution is 2.29. The minimum atomic E-state index is -4.05. The summed E-state index contributed by atoms with van der Waals surface area (Å²) in [4.78, 5) is 9.94. The van der Waals surface area contributed by atoms with Gasteiger partial charge in [0.2, 0.25) is 10.0 Å². The molecule has 0 aliphatic rings. The number of nitrogens with zero attached hydrogens (tertiary/aromatic N) is 3. The summed E-state index contributed by atoms with van der Waals surface area (Å²) in [6.07, 6.45) is 0. The first-order chi connectivity index (χ1) is 10.2. The highest BCUT2D eigenvalue weighted by molar-refractivity contribution is 9.10. The van der Waals surface area contributed by atoms with Gasteiger partial charge in [0, 0.05) is 23.7 Å². The molecule has 0 bridgehead atoms. The summed E-state index contributed by atoms with van der Waals surface area (Å²) in [7, 11) is -2.72. The SMILES string of the molecule is Cc1cc(CN(C)S(=O)(=O)c2cc(Br)ccc2[N+](=O)[O-])no1. The molecule has 0 atom stereocenters. The molecule has 0 radical (unpaired) electrons. The number of nitro groups is 1. The molecular formula is C12H12BrN3O5S. The van der Waals surface area contributed by atoms with Crippen molar-refractivity contribution in [2.75, 3.05) is 7.05 Å². The Labute approximate surface area is 135 Å². The first-order valence-corrected chi connectivity index (χ1v) is 8.27. The van der Waals surface area contributed by atoms with Gasteiger partial charge in [0.1, 0.15) is 5.76 Å². The fourth-order valence-corrected chi connectivity index (χ4v) is 3.65. The lowest BCUT2D eigenvalue weighted by molar-refractivity contribution is -0.387. The Morgan fingerprint density at radius 2 is 2.09 bits per heavy atom. The van der Waals surface area contributed by atoms with E-state index in [9.17, 15) is 18.5 Å². The molecule has 0 unspecified atom stereocenters. The van der Waals surface area contributed by atoms with Crippen molar-refractivity contribution in [3.8, 4) is 0 Å². The zero-order valence-corrected chi connectivity index (χ0v) is 14.1. The van der Waals surface area contributed by atoms with Crippen molar-refractivity contribution in [2.24, 2.45) is 0 Å². The largest absolute Gasteiger partial charge is 0.361 e. The average Bonchev–Trinajstić information content (AvgIpc) is 2.83. The first kappa shape index (κ1) is 16.6. The Balaban J connectivity index is 2.41. The molecule has 22 heavy (non-hydrogen) atoms. The minimum Gasteiger partial charge on any atom is -0.361 e. The van der Waals surface area contributed by atoms with Gasteiger partial charge in [-0.25, -0.2) is 8.42 Å². The quantitative estimate of drug-likeness (QED) is 0.574. The Bertz CT molecular complexity index is 818. The molecule has 118 valence electrons. The lowest BCUT2D eigenvalue weighted by Gasteiger charge is -2.15. The van der Waals surface area contributed by atoms with Gasteiger partial charge in [-0.15, -0.1) is 0 Å². The van der Waals surface area contributed by atoms with Crippen molar-refractivity contribution in [3.05, 3.63) is 50.3 Å². The van der Waals surface area contributed by atoms with Gasteiger partial charge < -0.3 is 4.52 Å². The van der Waals surface area contributed by atoms with Gasteiger partial charge in [-0.1, -0.05) is 21.1 Å². The van der Waals surface area contributed by atoms with Crippen LogP contribution in [0.3, 0.4) is 0 Å². The van der Waals surface area contributed by atoms with Crippen LogP contribution in [0.2, 0.25) is 0 Å². The van der Waals surface area contributed by atoms with Crippen LogP contribution in [0.4, 0.5) is 5.69 Å². The zero-order chi connectivity index (χ0) is 16.5. The maximum Gasteiger partial charge on any atom is 0.289 e. The molecule has 0 fully saturated rings. The van der Waals surface area contributed by atoms with E-state index in [1.807, 2.05) is 0 Å². The van der Waals surface area contributed by atoms with Crippen LogP contribution in [0.1, 0.15) is 11.5 Å². The zero-order valence-electron chi connectivity index (χ0n) is 11.7. The van der Waals surface area contributed by atoms with Crippen LogP contribution in [0, 0.1) is 17.0 Å². The van der Waals surface area contributed by atoms with E-state index in [2.05, 4.69) is 21.1 Å². The summed E-state index contributed by atoms with van der Waals surface area (Å²) in [5.41, 5.74) is -0.0624. The predicted molar refractivity (Wildman–Crippen MR) is 80.7 cm³/mol. The van der Waals surface area contributed by atoms with E-state index in [1.165, 1.54) is 19.2 Å². The van der Waals surface area contributed by atoms with Crippen molar-refractivity contribution < 1.29 is 17.9 Å². The monoisotopic (exact) mass is 389 g/mol. The fraction of sp³-hybridized carbons (Fsp3) is 0.250. The van der Waals surface area contributed by atoms with E-state index in [0.717, 1.165) is 10.4 Å². The highest BCUT2D eigenvalue weighted by Gasteiger charge is 2.30. The first-order valence-electron chi connectivity index (χ1n) is 6.04. The number of benzene rings is 1. The van der Waals surface area contributed by atoms with Crippen LogP contribution in [0.25, 0.3) is 0 Å². The van der Waals surface area contributed by atoms with E-state index in [4.69, 9.17) is 4.52 Å². The number of rotatable bonds is 5. The van der Waals surface area contributed by atoms with Gasteiger partial charge in [0.05, 0.1) is 17.2 Å². The minimum absolute atomic E-state index is 0.0522. The molecular weight excluding hydrogens is 378 g/mol. The number of aryl methyl sites for hydroxylation is 1. The maximum atomic E-state index is 12.6. The molecule has 0 amide bonds. The standard InChI is InChI=1S/C12H12BrN3O5S/c1-8-5-10(14-21-8)7-15(2)22(19,20)12-6-9(13)3-4-11(12)16(17)18/h3-6H,7H2,1-2H3. The summed E-state index contributed by atoms with van der Waals surface area (Å²) >= 11 is 3.12. The third kappa shape index (κ3) is 3.34. The van der Waals surface area contributed by atoms with Crippen LogP contribution in [0.5, 0.6) is 0 Å². The van der Waals surface area contributed by atoms with E-state index in [0.29, 0.717) is 15.9 Å². The molecule has 0 aliphatic heterocycles. The molecule has 0 spiro atoms. The van der Waals surface area contributed by atoms with Crippen molar-refractivity contribution in [1.29, 1.82) is 0 Å². The van der Waals surface area contributed by atoms with Crippen molar-refractivity contribution in [2.45, 2.75) is 18.4 Å². The van der Waals surface area contributed by atoms with E-state index in [-0.39, 0.29) is 11.4 Å². The summed E-state index contributed by atoms with van der Waals surface area (Å²) in [6, 6.07) is 5.36. The Kier molecular flexibility index (Phi) is 4.63. The molecule has 10 heteroatoms. The van der Waals surface area contributed by atoms with Gasteiger partial charge in [-0.3, -0.25) is 10.1 Å². The lowest BCUT2D eigenvalue weighted by atomic mass is 10.3. The summed E-state index contributed by atoms with van der Waals surface area (Å²) < 4.78 is 31.4. The van der Waals surface area contributed by atoms with Crippen LogP contribution in [0.15, 0.2) is 38.2 Å². The Hall–Kier alpha value is -1.78. The van der Waals surface area contributed by atoms with Crippen LogP contribution < -0.4 is 0 Å². The van der Waals surface area contributed by atoms with Crippen LogP contribution in [-0.4, -0.2) is 29.9 Å². The highest BCUT2D eigenvalue weighted by atomic mass is 79.9. The fourth-order valence-electron chi connectivity index (χ4n) is 1.82. The van der Waals surface area contributed by atoms with Crippen LogP contribution in [-0.2, 0) is 16.6 Å². The molecule has 0 aliphatic carbocycles. The van der Waals surface area contributed by atoms with E-state index >= 15 is 0 Å². The number of halogens is 1. The van der Waals surface area contributed by atoms with Gasteiger partial charge >= 0.3 is 0 Å². The van der Waals surface area contributed by atoms with Crippen LogP contribution >= 0.6 is 15.9 Å². The second kappa shape index (κ2) is 6.15. The van der Waals surface area contributed by atoms with Crippen molar-refractivity contribution in [3.63, 3.8) is 0 Å². The molecule has 2 rings (SSSR count). The van der Waals surface area contributed by atoms with Gasteiger partial charge in [-0.2, -0.15) is 4.31 Å². The summed E-state index contributed by atoms with van der Waals surface area (Å²) in [5.74, 6) is 0.550. The number of nitro benzene ring substituents is 1. The summed E-state index contributed by atoms with van der Waals surface area (Å²) in [6.45, 7) is 1.63. The normalized spacial score (nSPS) is 11.8. The van der Waals surface area contributed by atoms with Crippen molar-refractivity contribution >= 4 is 31.6 Å². The molecule has 0 saturated heterocycles. The van der Waals surface area contributed by atoms with E-state index < -0.39 is 20.6 Å². The Morgan fingerprint density at radius 3 is 2.64 bits per heavy atom. The molecule has 1 aromatic heterocycles. The second-order valence-electron chi connectivity index (χ2n) is 4.56. The number of hydrogen-bond donors (Lipinski definition) is 0. The maximum absolute atomic E-state index is 12.6. The van der Waals surface area contributed by atoms with Gasteiger partial charge in [-0.05, 0) is 19.1 Å². The van der Waals surface area contributed by atoms with E-state index in [1.54, 1.807) is 13.0 Å². The molecule has 8 nitrogen and oxygen atoms in total. The third-order valence-corrected chi connectivity index (χ3v) is 5.19. The molecule has 1 heterocycles. The second-order valence-corrected chi connectivity index (χ2v) is 7.49. The number of aromatic nitrogens is 1. The van der Waals surface area contributed by atoms with Gasteiger partial charge in [0.15, 0.2) is 4.90 Å². The lowest BCUT2D eigenvalue weighted by Crippen LogP contribution is -2.27. The smallest absolute Gasteiger partial charge is 0.289 e. The Morgan fingerprint density at radius 1 is 1.41 bits per heavy atom. The van der Waals surface area contributed by atoms with Gasteiger partial charge in [0.25, 0.3) is 5.69 Å². The third-order valence-electron chi connectivity index (χ3n) is 2.87. The molecule has 1 aromatic carbocycles. The summed E-state index contributed by atoms with van der Waals surface area (Å²) in [5, 5.41) is 14.8. The predicted octanol–water partition coefficient (Wildman–Crippen LogP) is 2.47. The number of sulfonamides is 1. The molecule has 0 N–H and O–H groups in total. The average molecular weight is 390 g/mol. The number of hydrogen-bond acceptors (Lipinski definition) is 6. The molecule has 2 aromatic rings.